The number of fused-ring (bicyclic) bond motifs is 1. The molecule has 0 radical (unpaired) electrons. The summed E-state index contributed by atoms with van der Waals surface area (Å²) in [4.78, 5) is 21.8. The molecule has 0 spiro atoms. The van der Waals surface area contributed by atoms with E-state index in [1.807, 2.05) is 24.3 Å². The Kier molecular flexibility index (Phi) is 7.39. The van der Waals surface area contributed by atoms with Crippen LogP contribution >= 0.6 is 34.8 Å². The van der Waals surface area contributed by atoms with Crippen LogP contribution in [-0.2, 0) is 34.2 Å². The fourth-order valence-electron chi connectivity index (χ4n) is 3.87. The SMILES string of the molecule is Nc1c(Cl)cc(S(=O)(=O)NC(CCc2cnc(Cl)[nH]2)C(=O)N2CCc3ccccc3C2)cc1Cl. The van der Waals surface area contributed by atoms with Crippen molar-refractivity contribution in [3.05, 3.63) is 74.7 Å². The average Bonchev–Trinajstić information content (AvgIpc) is 3.24. The summed E-state index contributed by atoms with van der Waals surface area (Å²) in [5, 5.41) is 0.239. The molecule has 3 aromatic rings. The van der Waals surface area contributed by atoms with Gasteiger partial charge in [0.25, 0.3) is 0 Å². The summed E-state index contributed by atoms with van der Waals surface area (Å²) in [6.45, 7) is 0.895. The zero-order valence-corrected chi connectivity index (χ0v) is 21.0. The van der Waals surface area contributed by atoms with Crippen molar-refractivity contribution >= 4 is 56.4 Å². The minimum atomic E-state index is -4.14. The molecule has 0 saturated heterocycles. The number of aryl methyl sites for hydroxylation is 1. The number of carbonyl (C=O) groups excluding carboxylic acids is 1. The molecule has 4 N–H and O–H groups in total. The van der Waals surface area contributed by atoms with Gasteiger partial charge in [-0.2, -0.15) is 4.72 Å². The Morgan fingerprint density at radius 1 is 1.18 bits per heavy atom. The number of anilines is 1. The standard InChI is InChI=1S/C22H22Cl3N5O3S/c23-17-9-16(10-18(24)20(17)26)34(32,33)29-19(6-5-15-11-27-22(25)28-15)21(31)30-8-7-13-3-1-2-4-14(13)12-30/h1-4,9-11,19,29H,5-8,12,26H2,(H,27,28). The summed E-state index contributed by atoms with van der Waals surface area (Å²) >= 11 is 17.9. The Balaban J connectivity index is 1.59. The molecule has 0 aliphatic carbocycles. The molecule has 1 amide bonds. The average molecular weight is 543 g/mol. The summed E-state index contributed by atoms with van der Waals surface area (Å²) in [6, 6.07) is 9.27. The number of H-pyrrole nitrogens is 1. The molecule has 8 nitrogen and oxygen atoms in total. The zero-order valence-electron chi connectivity index (χ0n) is 17.9. The number of amides is 1. The zero-order chi connectivity index (χ0) is 24.5. The third-order valence-electron chi connectivity index (χ3n) is 5.70. The van der Waals surface area contributed by atoms with Gasteiger partial charge in [-0.3, -0.25) is 4.79 Å². The number of imidazole rings is 1. The van der Waals surface area contributed by atoms with E-state index in [2.05, 4.69) is 14.7 Å². The van der Waals surface area contributed by atoms with Crippen molar-refractivity contribution in [2.45, 2.75) is 36.7 Å². The van der Waals surface area contributed by atoms with Gasteiger partial charge in [0.15, 0.2) is 5.28 Å². The number of aromatic amines is 1. The lowest BCUT2D eigenvalue weighted by Crippen LogP contribution is -2.50. The fourth-order valence-corrected chi connectivity index (χ4v) is 5.93. The summed E-state index contributed by atoms with van der Waals surface area (Å²) in [6.07, 6.45) is 2.78. The van der Waals surface area contributed by atoms with Crippen LogP contribution in [0.5, 0.6) is 0 Å². The maximum Gasteiger partial charge on any atom is 0.241 e. The van der Waals surface area contributed by atoms with E-state index in [1.165, 1.54) is 17.7 Å². The van der Waals surface area contributed by atoms with Crippen molar-refractivity contribution < 1.29 is 13.2 Å². The van der Waals surface area contributed by atoms with Gasteiger partial charge in [0.1, 0.15) is 6.04 Å². The van der Waals surface area contributed by atoms with Gasteiger partial charge in [0.05, 0.1) is 20.6 Å². The highest BCUT2D eigenvalue weighted by Gasteiger charge is 2.31. The number of aromatic nitrogens is 2. The third-order valence-corrected chi connectivity index (χ3v) is 7.97. The minimum absolute atomic E-state index is 0.00971. The first-order valence-electron chi connectivity index (χ1n) is 10.5. The Hall–Kier alpha value is -2.30. The van der Waals surface area contributed by atoms with E-state index in [-0.39, 0.29) is 38.2 Å². The van der Waals surface area contributed by atoms with Crippen LogP contribution in [-0.4, -0.2) is 41.8 Å². The van der Waals surface area contributed by atoms with E-state index in [0.29, 0.717) is 31.6 Å². The van der Waals surface area contributed by atoms with Gasteiger partial charge in [0, 0.05) is 25.0 Å². The summed E-state index contributed by atoms with van der Waals surface area (Å²) in [5.41, 5.74) is 8.73. The molecule has 12 heteroatoms. The molecule has 1 atom stereocenters. The van der Waals surface area contributed by atoms with Crippen molar-refractivity contribution in [3.8, 4) is 0 Å². The smallest absolute Gasteiger partial charge is 0.241 e. The number of hydrogen-bond donors (Lipinski definition) is 3. The van der Waals surface area contributed by atoms with E-state index in [1.54, 1.807) is 11.1 Å². The molecule has 2 aromatic carbocycles. The predicted molar refractivity (Wildman–Crippen MR) is 132 cm³/mol. The highest BCUT2D eigenvalue weighted by atomic mass is 35.5. The normalized spacial score (nSPS) is 14.6. The number of nitrogens with zero attached hydrogens (tertiary/aromatic N) is 2. The van der Waals surface area contributed by atoms with Gasteiger partial charge in [-0.15, -0.1) is 0 Å². The third kappa shape index (κ3) is 5.50. The number of nitrogen functional groups attached to an aromatic ring is 1. The number of rotatable bonds is 7. The lowest BCUT2D eigenvalue weighted by Gasteiger charge is -2.32. The van der Waals surface area contributed by atoms with Gasteiger partial charge < -0.3 is 15.6 Å². The number of halogens is 3. The molecular weight excluding hydrogens is 521 g/mol. The number of hydrogen-bond acceptors (Lipinski definition) is 5. The fraction of sp³-hybridized carbons (Fsp3) is 0.273. The van der Waals surface area contributed by atoms with Crippen molar-refractivity contribution in [2.24, 2.45) is 0 Å². The molecule has 2 heterocycles. The Morgan fingerprint density at radius 3 is 2.50 bits per heavy atom. The van der Waals surface area contributed by atoms with Gasteiger partial charge in [-0.1, -0.05) is 47.5 Å². The Morgan fingerprint density at radius 2 is 1.85 bits per heavy atom. The molecule has 1 aliphatic heterocycles. The first kappa shape index (κ1) is 24.8. The number of nitrogens with one attached hydrogen (secondary N) is 2. The van der Waals surface area contributed by atoms with Gasteiger partial charge in [0.2, 0.25) is 15.9 Å². The highest BCUT2D eigenvalue weighted by molar-refractivity contribution is 7.89. The van der Waals surface area contributed by atoms with Crippen molar-refractivity contribution in [1.29, 1.82) is 0 Å². The molecule has 180 valence electrons. The van der Waals surface area contributed by atoms with E-state index in [9.17, 15) is 13.2 Å². The topological polar surface area (TPSA) is 121 Å². The first-order valence-corrected chi connectivity index (χ1v) is 13.1. The van der Waals surface area contributed by atoms with Crippen LogP contribution < -0.4 is 10.5 Å². The van der Waals surface area contributed by atoms with Crippen molar-refractivity contribution in [2.75, 3.05) is 12.3 Å². The molecule has 0 saturated carbocycles. The molecule has 0 fully saturated rings. The molecule has 1 aromatic heterocycles. The van der Waals surface area contributed by atoms with E-state index in [4.69, 9.17) is 40.5 Å². The van der Waals surface area contributed by atoms with Crippen LogP contribution in [0.1, 0.15) is 23.2 Å². The van der Waals surface area contributed by atoms with E-state index < -0.39 is 16.1 Å². The van der Waals surface area contributed by atoms with Crippen LogP contribution in [0.4, 0.5) is 5.69 Å². The lowest BCUT2D eigenvalue weighted by molar-refractivity contribution is -0.134. The number of carbonyl (C=O) groups is 1. The van der Waals surface area contributed by atoms with Crippen molar-refractivity contribution in [1.82, 2.24) is 19.6 Å². The molecular formula is C22H22Cl3N5O3S. The summed E-state index contributed by atoms with van der Waals surface area (Å²) in [5.74, 6) is -0.323. The number of sulfonamides is 1. The highest BCUT2D eigenvalue weighted by Crippen LogP contribution is 2.31. The maximum atomic E-state index is 13.5. The minimum Gasteiger partial charge on any atom is -0.396 e. The molecule has 1 aliphatic rings. The van der Waals surface area contributed by atoms with Crippen LogP contribution in [0.15, 0.2) is 47.5 Å². The monoisotopic (exact) mass is 541 g/mol. The number of benzene rings is 2. The van der Waals surface area contributed by atoms with E-state index >= 15 is 0 Å². The van der Waals surface area contributed by atoms with Gasteiger partial charge in [-0.25, -0.2) is 13.4 Å². The first-order chi connectivity index (χ1) is 16.1. The van der Waals surface area contributed by atoms with Gasteiger partial charge in [-0.05, 0) is 54.1 Å². The lowest BCUT2D eigenvalue weighted by atomic mass is 9.99. The molecule has 1 unspecified atom stereocenters. The molecule has 4 rings (SSSR count). The van der Waals surface area contributed by atoms with Crippen LogP contribution in [0.25, 0.3) is 0 Å². The summed E-state index contributed by atoms with van der Waals surface area (Å²) in [7, 11) is -4.14. The summed E-state index contributed by atoms with van der Waals surface area (Å²) < 4.78 is 28.9. The Bertz CT molecular complexity index is 1310. The van der Waals surface area contributed by atoms with Gasteiger partial charge >= 0.3 is 0 Å². The maximum absolute atomic E-state index is 13.5. The number of nitrogens with two attached hydrogens (primary N) is 1. The second kappa shape index (κ2) is 10.1. The van der Waals surface area contributed by atoms with Crippen molar-refractivity contribution in [3.63, 3.8) is 0 Å². The van der Waals surface area contributed by atoms with Crippen LogP contribution in [0.2, 0.25) is 15.3 Å². The largest absolute Gasteiger partial charge is 0.396 e. The van der Waals surface area contributed by atoms with Crippen LogP contribution in [0.3, 0.4) is 0 Å². The quantitative estimate of drug-likeness (QED) is 0.392. The molecule has 34 heavy (non-hydrogen) atoms. The second-order valence-corrected chi connectivity index (χ2v) is 10.9. The van der Waals surface area contributed by atoms with E-state index in [0.717, 1.165) is 5.56 Å². The van der Waals surface area contributed by atoms with Crippen LogP contribution in [0, 0.1) is 0 Å². The predicted octanol–water partition coefficient (Wildman–Crippen LogP) is 3.82. The second-order valence-electron chi connectivity index (χ2n) is 7.99. The Labute approximate surface area is 212 Å². The molecule has 0 bridgehead atoms.